The molecule has 0 bridgehead atoms. The van der Waals surface area contributed by atoms with Crippen LogP contribution in [0.25, 0.3) is 0 Å². The molecule has 4 N–H and O–H groups in total. The van der Waals surface area contributed by atoms with Gasteiger partial charge in [0.1, 0.15) is 5.75 Å². The maximum absolute atomic E-state index is 12.1. The van der Waals surface area contributed by atoms with Gasteiger partial charge in [0.25, 0.3) is 0 Å². The molecule has 1 aliphatic rings. The van der Waals surface area contributed by atoms with Gasteiger partial charge in [-0.25, -0.2) is 0 Å². The van der Waals surface area contributed by atoms with Crippen LogP contribution in [0.15, 0.2) is 24.3 Å². The minimum atomic E-state index is -0.777. The van der Waals surface area contributed by atoms with Gasteiger partial charge in [0, 0.05) is 17.1 Å². The highest BCUT2D eigenvalue weighted by Gasteiger charge is 2.38. The molecule has 1 aliphatic heterocycles. The third kappa shape index (κ3) is 4.69. The van der Waals surface area contributed by atoms with Crippen LogP contribution >= 0.6 is 0 Å². The topological polar surface area (TPSA) is 90.5 Å². The number of phenols is 1. The minimum absolute atomic E-state index is 0.0715. The molecule has 6 nitrogen and oxygen atoms in total. The number of rotatable bonds is 2. The summed E-state index contributed by atoms with van der Waals surface area (Å²) in [5.74, 6) is -1.54. The molecule has 1 fully saturated rings. The molecule has 0 aromatic heterocycles. The van der Waals surface area contributed by atoms with Gasteiger partial charge >= 0.3 is 11.8 Å². The summed E-state index contributed by atoms with van der Waals surface area (Å²) in [6.45, 7) is 8.31. The zero-order valence-corrected chi connectivity index (χ0v) is 14.1. The number of hydrogen-bond donors (Lipinski definition) is 4. The molecule has 126 valence electrons. The summed E-state index contributed by atoms with van der Waals surface area (Å²) in [5, 5.41) is 18.4. The van der Waals surface area contributed by atoms with Crippen molar-refractivity contribution in [2.75, 3.05) is 5.32 Å². The zero-order chi connectivity index (χ0) is 17.3. The van der Waals surface area contributed by atoms with Crippen LogP contribution in [0.1, 0.15) is 40.5 Å². The van der Waals surface area contributed by atoms with Crippen LogP contribution in [0.2, 0.25) is 0 Å². The van der Waals surface area contributed by atoms with E-state index in [2.05, 4.69) is 43.6 Å². The summed E-state index contributed by atoms with van der Waals surface area (Å²) in [4.78, 5) is 24.1. The van der Waals surface area contributed by atoms with Crippen molar-refractivity contribution in [2.24, 2.45) is 0 Å². The van der Waals surface area contributed by atoms with E-state index in [0.29, 0.717) is 0 Å². The molecule has 23 heavy (non-hydrogen) atoms. The SMILES string of the molecule is CC1(C)CC(NC(=O)C(=O)Nc2ccccc2O)CC(C)(C)N1. The molecule has 0 spiro atoms. The summed E-state index contributed by atoms with van der Waals surface area (Å²) in [6, 6.07) is 6.22. The third-order valence-electron chi connectivity index (χ3n) is 3.88. The quantitative estimate of drug-likeness (QED) is 0.494. The predicted molar refractivity (Wildman–Crippen MR) is 89.2 cm³/mol. The summed E-state index contributed by atoms with van der Waals surface area (Å²) in [7, 11) is 0. The van der Waals surface area contributed by atoms with Gasteiger partial charge < -0.3 is 21.1 Å². The Bertz CT molecular complexity index is 595. The van der Waals surface area contributed by atoms with E-state index in [1.807, 2.05) is 0 Å². The first-order chi connectivity index (χ1) is 10.6. The Kier molecular flexibility index (Phi) is 4.66. The largest absolute Gasteiger partial charge is 0.506 e. The lowest BCUT2D eigenvalue weighted by atomic mass is 9.79. The molecular formula is C17H25N3O3. The van der Waals surface area contributed by atoms with Crippen molar-refractivity contribution < 1.29 is 14.7 Å². The van der Waals surface area contributed by atoms with E-state index in [4.69, 9.17) is 0 Å². The second kappa shape index (κ2) is 6.20. The highest BCUT2D eigenvalue weighted by molar-refractivity contribution is 6.39. The Morgan fingerprint density at radius 1 is 1.09 bits per heavy atom. The molecule has 6 heteroatoms. The average molecular weight is 319 g/mol. The molecule has 0 aliphatic carbocycles. The average Bonchev–Trinajstić information content (AvgIpc) is 2.37. The van der Waals surface area contributed by atoms with Gasteiger partial charge in [-0.1, -0.05) is 12.1 Å². The maximum Gasteiger partial charge on any atom is 0.313 e. The van der Waals surface area contributed by atoms with Crippen molar-refractivity contribution in [3.63, 3.8) is 0 Å². The Morgan fingerprint density at radius 2 is 1.65 bits per heavy atom. The number of anilines is 1. The number of phenolic OH excluding ortho intramolecular Hbond substituents is 1. The lowest BCUT2D eigenvalue weighted by Gasteiger charge is -2.46. The van der Waals surface area contributed by atoms with E-state index >= 15 is 0 Å². The highest BCUT2D eigenvalue weighted by atomic mass is 16.3. The van der Waals surface area contributed by atoms with Crippen molar-refractivity contribution in [3.05, 3.63) is 24.3 Å². The van der Waals surface area contributed by atoms with Gasteiger partial charge in [-0.15, -0.1) is 0 Å². The first-order valence-corrected chi connectivity index (χ1v) is 7.77. The monoisotopic (exact) mass is 319 g/mol. The van der Waals surface area contributed by atoms with Crippen LogP contribution in [-0.2, 0) is 9.59 Å². The molecule has 0 saturated carbocycles. The van der Waals surface area contributed by atoms with Gasteiger partial charge in [-0.3, -0.25) is 9.59 Å². The van der Waals surface area contributed by atoms with Crippen LogP contribution in [-0.4, -0.2) is 34.0 Å². The van der Waals surface area contributed by atoms with Gasteiger partial charge in [-0.05, 0) is 52.7 Å². The molecule has 1 saturated heterocycles. The van der Waals surface area contributed by atoms with Crippen molar-refractivity contribution >= 4 is 17.5 Å². The number of benzene rings is 1. The summed E-state index contributed by atoms with van der Waals surface area (Å²) < 4.78 is 0. The van der Waals surface area contributed by atoms with E-state index in [1.165, 1.54) is 12.1 Å². The van der Waals surface area contributed by atoms with E-state index in [9.17, 15) is 14.7 Å². The number of amides is 2. The summed E-state index contributed by atoms with van der Waals surface area (Å²) in [5.41, 5.74) is -0.0134. The Balaban J connectivity index is 1.98. The Morgan fingerprint density at radius 3 is 2.22 bits per heavy atom. The van der Waals surface area contributed by atoms with Crippen LogP contribution in [0, 0.1) is 0 Å². The standard InChI is InChI=1S/C17H25N3O3/c1-16(2)9-11(10-17(3,4)20-16)18-14(22)15(23)19-12-7-5-6-8-13(12)21/h5-8,11,20-21H,9-10H2,1-4H3,(H,18,22)(H,19,23). The van der Waals surface area contributed by atoms with E-state index in [1.54, 1.807) is 12.1 Å². The number of carbonyl (C=O) groups is 2. The fraction of sp³-hybridized carbons (Fsp3) is 0.529. The Hall–Kier alpha value is -2.08. The smallest absolute Gasteiger partial charge is 0.313 e. The Labute approximate surface area is 136 Å². The van der Waals surface area contributed by atoms with E-state index in [0.717, 1.165) is 12.8 Å². The molecule has 2 rings (SSSR count). The van der Waals surface area contributed by atoms with E-state index in [-0.39, 0.29) is 28.6 Å². The van der Waals surface area contributed by atoms with Gasteiger partial charge in [0.05, 0.1) is 5.69 Å². The fourth-order valence-corrected chi connectivity index (χ4v) is 3.43. The second-order valence-corrected chi connectivity index (χ2v) is 7.44. The lowest BCUT2D eigenvalue weighted by Crippen LogP contribution is -2.62. The van der Waals surface area contributed by atoms with Crippen LogP contribution in [0.4, 0.5) is 5.69 Å². The first kappa shape index (κ1) is 17.3. The molecule has 2 amide bonds. The minimum Gasteiger partial charge on any atom is -0.506 e. The van der Waals surface area contributed by atoms with E-state index < -0.39 is 11.8 Å². The molecular weight excluding hydrogens is 294 g/mol. The first-order valence-electron chi connectivity index (χ1n) is 7.77. The van der Waals surface area contributed by atoms with Crippen molar-refractivity contribution in [3.8, 4) is 5.75 Å². The zero-order valence-electron chi connectivity index (χ0n) is 14.1. The van der Waals surface area contributed by atoms with Gasteiger partial charge in [0.15, 0.2) is 0 Å². The molecule has 0 atom stereocenters. The van der Waals surface area contributed by atoms with Crippen LogP contribution in [0.5, 0.6) is 5.75 Å². The van der Waals surface area contributed by atoms with Gasteiger partial charge in [0.2, 0.25) is 0 Å². The number of nitrogens with one attached hydrogen (secondary N) is 3. The van der Waals surface area contributed by atoms with Gasteiger partial charge in [-0.2, -0.15) is 0 Å². The number of hydrogen-bond acceptors (Lipinski definition) is 4. The van der Waals surface area contributed by atoms with Crippen molar-refractivity contribution in [1.29, 1.82) is 0 Å². The molecule has 1 aromatic rings. The van der Waals surface area contributed by atoms with Crippen LogP contribution < -0.4 is 16.0 Å². The highest BCUT2D eigenvalue weighted by Crippen LogP contribution is 2.28. The molecule has 0 unspecified atom stereocenters. The summed E-state index contributed by atoms with van der Waals surface area (Å²) >= 11 is 0. The second-order valence-electron chi connectivity index (χ2n) is 7.44. The molecule has 0 radical (unpaired) electrons. The predicted octanol–water partition coefficient (Wildman–Crippen LogP) is 1.76. The maximum atomic E-state index is 12.1. The van der Waals surface area contributed by atoms with Crippen LogP contribution in [0.3, 0.4) is 0 Å². The van der Waals surface area contributed by atoms with Crippen molar-refractivity contribution in [1.82, 2.24) is 10.6 Å². The number of carbonyl (C=O) groups excluding carboxylic acids is 2. The fourth-order valence-electron chi connectivity index (χ4n) is 3.43. The number of aromatic hydroxyl groups is 1. The molecule has 1 heterocycles. The van der Waals surface area contributed by atoms with Crippen molar-refractivity contribution in [2.45, 2.75) is 57.7 Å². The lowest BCUT2D eigenvalue weighted by molar-refractivity contribution is -0.137. The normalized spacial score (nSPS) is 19.8. The molecule has 1 aromatic carbocycles. The number of piperidine rings is 1. The summed E-state index contributed by atoms with van der Waals surface area (Å²) in [6.07, 6.45) is 1.48. The number of para-hydroxylation sites is 2. The third-order valence-corrected chi connectivity index (χ3v) is 3.88.